The fourth-order valence-corrected chi connectivity index (χ4v) is 2.88. The maximum atomic E-state index is 9.32. The Morgan fingerprint density at radius 2 is 1.74 bits per heavy atom. The number of hydrogen-bond acceptors (Lipinski definition) is 3. The van der Waals surface area contributed by atoms with E-state index in [0.29, 0.717) is 6.04 Å². The van der Waals surface area contributed by atoms with Gasteiger partial charge in [0.05, 0.1) is 0 Å². The Bertz CT molecular complexity index is 371. The SMILES string of the molecule is Cc1cc(C)cc([C@@H](CCO)N2CCNCC2)c1.Cl. The second-order valence-electron chi connectivity index (χ2n) is 5.24. The van der Waals surface area contributed by atoms with E-state index in [1.165, 1.54) is 16.7 Å². The van der Waals surface area contributed by atoms with Crippen molar-refractivity contribution in [2.45, 2.75) is 26.3 Å². The molecule has 3 nitrogen and oxygen atoms in total. The molecule has 2 N–H and O–H groups in total. The molecule has 1 saturated heterocycles. The van der Waals surface area contributed by atoms with E-state index < -0.39 is 0 Å². The molecule has 1 aliphatic heterocycles. The highest BCUT2D eigenvalue weighted by atomic mass is 35.5. The molecule has 2 rings (SSSR count). The van der Waals surface area contributed by atoms with Gasteiger partial charge in [-0.1, -0.05) is 29.3 Å². The summed E-state index contributed by atoms with van der Waals surface area (Å²) in [5, 5.41) is 12.7. The quantitative estimate of drug-likeness (QED) is 0.888. The van der Waals surface area contributed by atoms with Crippen LogP contribution in [-0.4, -0.2) is 42.8 Å². The van der Waals surface area contributed by atoms with Crippen LogP contribution in [0.15, 0.2) is 18.2 Å². The molecule has 0 radical (unpaired) electrons. The monoisotopic (exact) mass is 284 g/mol. The molecule has 1 atom stereocenters. The molecule has 108 valence electrons. The number of halogens is 1. The topological polar surface area (TPSA) is 35.5 Å². The maximum Gasteiger partial charge on any atom is 0.0449 e. The molecule has 0 aromatic heterocycles. The molecule has 0 amide bonds. The van der Waals surface area contributed by atoms with Crippen LogP contribution < -0.4 is 5.32 Å². The van der Waals surface area contributed by atoms with Crippen molar-refractivity contribution < 1.29 is 5.11 Å². The minimum absolute atomic E-state index is 0. The van der Waals surface area contributed by atoms with Gasteiger partial charge in [-0.2, -0.15) is 0 Å². The van der Waals surface area contributed by atoms with Crippen molar-refractivity contribution in [1.82, 2.24) is 10.2 Å². The minimum atomic E-state index is 0. The summed E-state index contributed by atoms with van der Waals surface area (Å²) in [6, 6.07) is 7.08. The van der Waals surface area contributed by atoms with Crippen LogP contribution >= 0.6 is 12.4 Å². The summed E-state index contributed by atoms with van der Waals surface area (Å²) in [5.41, 5.74) is 3.97. The molecule has 0 saturated carbocycles. The van der Waals surface area contributed by atoms with E-state index >= 15 is 0 Å². The fourth-order valence-electron chi connectivity index (χ4n) is 2.88. The van der Waals surface area contributed by atoms with Gasteiger partial charge < -0.3 is 10.4 Å². The molecule has 1 fully saturated rings. The second-order valence-corrected chi connectivity index (χ2v) is 5.24. The normalized spacial score (nSPS) is 17.8. The minimum Gasteiger partial charge on any atom is -0.396 e. The number of aliphatic hydroxyl groups excluding tert-OH is 1. The first-order valence-electron chi connectivity index (χ1n) is 6.84. The van der Waals surface area contributed by atoms with Crippen molar-refractivity contribution in [1.29, 1.82) is 0 Å². The van der Waals surface area contributed by atoms with Gasteiger partial charge in [-0.05, 0) is 25.8 Å². The third kappa shape index (κ3) is 4.46. The van der Waals surface area contributed by atoms with Crippen molar-refractivity contribution in [3.63, 3.8) is 0 Å². The first-order valence-corrected chi connectivity index (χ1v) is 6.84. The summed E-state index contributed by atoms with van der Waals surface area (Å²) in [4.78, 5) is 2.49. The van der Waals surface area contributed by atoms with Crippen LogP contribution in [0.25, 0.3) is 0 Å². The lowest BCUT2D eigenvalue weighted by molar-refractivity contribution is 0.141. The Kier molecular flexibility index (Phi) is 6.80. The standard InChI is InChI=1S/C15H24N2O.ClH/c1-12-9-13(2)11-14(10-12)15(3-8-18)17-6-4-16-5-7-17;/h9-11,15-16,18H,3-8H2,1-2H3;1H/t15-;/m1./s1. The fraction of sp³-hybridized carbons (Fsp3) is 0.600. The maximum absolute atomic E-state index is 9.32. The van der Waals surface area contributed by atoms with Gasteiger partial charge in [-0.3, -0.25) is 4.90 Å². The van der Waals surface area contributed by atoms with Crippen LogP contribution in [0, 0.1) is 13.8 Å². The van der Waals surface area contributed by atoms with E-state index in [-0.39, 0.29) is 19.0 Å². The van der Waals surface area contributed by atoms with Crippen LogP contribution in [0.5, 0.6) is 0 Å². The van der Waals surface area contributed by atoms with Crippen molar-refractivity contribution in [3.8, 4) is 0 Å². The molecule has 0 bridgehead atoms. The van der Waals surface area contributed by atoms with Gasteiger partial charge in [0.25, 0.3) is 0 Å². The summed E-state index contributed by atoms with van der Waals surface area (Å²) in [6.45, 7) is 8.77. The third-order valence-electron chi connectivity index (χ3n) is 3.62. The van der Waals surface area contributed by atoms with Gasteiger partial charge in [-0.25, -0.2) is 0 Å². The predicted octanol–water partition coefficient (Wildman–Crippen LogP) is 2.05. The van der Waals surface area contributed by atoms with Crippen molar-refractivity contribution in [2.75, 3.05) is 32.8 Å². The molecule has 1 heterocycles. The number of aliphatic hydroxyl groups is 1. The molecule has 0 aliphatic carbocycles. The number of benzene rings is 1. The van der Waals surface area contributed by atoms with Crippen molar-refractivity contribution >= 4 is 12.4 Å². The van der Waals surface area contributed by atoms with E-state index in [1.54, 1.807) is 0 Å². The number of nitrogens with zero attached hydrogens (tertiary/aromatic N) is 1. The molecule has 1 aromatic carbocycles. The van der Waals surface area contributed by atoms with Crippen LogP contribution in [0.2, 0.25) is 0 Å². The highest BCUT2D eigenvalue weighted by molar-refractivity contribution is 5.85. The van der Waals surface area contributed by atoms with Gasteiger partial charge >= 0.3 is 0 Å². The third-order valence-corrected chi connectivity index (χ3v) is 3.62. The zero-order valence-electron chi connectivity index (χ0n) is 11.9. The average molecular weight is 285 g/mol. The smallest absolute Gasteiger partial charge is 0.0449 e. The Hall–Kier alpha value is -0.610. The number of aryl methyl sites for hydroxylation is 2. The lowest BCUT2D eigenvalue weighted by atomic mass is 9.97. The van der Waals surface area contributed by atoms with Gasteiger partial charge in [0, 0.05) is 38.8 Å². The summed E-state index contributed by atoms with van der Waals surface area (Å²) in [6.07, 6.45) is 0.822. The Balaban J connectivity index is 0.00000180. The lowest BCUT2D eigenvalue weighted by Gasteiger charge is -2.35. The van der Waals surface area contributed by atoms with Gasteiger partial charge in [0.15, 0.2) is 0 Å². The Morgan fingerprint density at radius 3 is 2.26 bits per heavy atom. The zero-order valence-corrected chi connectivity index (χ0v) is 12.7. The van der Waals surface area contributed by atoms with E-state index in [0.717, 1.165) is 32.6 Å². The summed E-state index contributed by atoms with van der Waals surface area (Å²) in [7, 11) is 0. The van der Waals surface area contributed by atoms with E-state index in [9.17, 15) is 5.11 Å². The number of nitrogens with one attached hydrogen (secondary N) is 1. The zero-order chi connectivity index (χ0) is 13.0. The van der Waals surface area contributed by atoms with Crippen LogP contribution in [-0.2, 0) is 0 Å². The van der Waals surface area contributed by atoms with Crippen LogP contribution in [0.1, 0.15) is 29.2 Å². The van der Waals surface area contributed by atoms with Gasteiger partial charge in [0.1, 0.15) is 0 Å². The largest absolute Gasteiger partial charge is 0.396 e. The van der Waals surface area contributed by atoms with Crippen molar-refractivity contribution in [2.24, 2.45) is 0 Å². The highest BCUT2D eigenvalue weighted by Crippen LogP contribution is 2.26. The second kappa shape index (κ2) is 7.85. The molecular formula is C15H25ClN2O. The van der Waals surface area contributed by atoms with Crippen LogP contribution in [0.4, 0.5) is 0 Å². The van der Waals surface area contributed by atoms with Crippen molar-refractivity contribution in [3.05, 3.63) is 34.9 Å². The first kappa shape index (κ1) is 16.4. The Morgan fingerprint density at radius 1 is 1.16 bits per heavy atom. The predicted molar refractivity (Wildman–Crippen MR) is 82.1 cm³/mol. The number of hydrogen-bond donors (Lipinski definition) is 2. The lowest BCUT2D eigenvalue weighted by Crippen LogP contribution is -2.45. The number of rotatable bonds is 4. The molecule has 1 aliphatic rings. The first-order chi connectivity index (χ1) is 8.70. The molecule has 0 spiro atoms. The average Bonchev–Trinajstić information content (AvgIpc) is 2.36. The Labute approximate surface area is 122 Å². The molecular weight excluding hydrogens is 260 g/mol. The van der Waals surface area contributed by atoms with Crippen LogP contribution in [0.3, 0.4) is 0 Å². The molecule has 1 aromatic rings. The summed E-state index contributed by atoms with van der Waals surface area (Å²) in [5.74, 6) is 0. The number of piperazine rings is 1. The molecule has 19 heavy (non-hydrogen) atoms. The van der Waals surface area contributed by atoms with E-state index in [4.69, 9.17) is 0 Å². The molecule has 4 heteroatoms. The van der Waals surface area contributed by atoms with E-state index in [1.807, 2.05) is 0 Å². The molecule has 0 unspecified atom stereocenters. The van der Waals surface area contributed by atoms with Gasteiger partial charge in [-0.15, -0.1) is 12.4 Å². The summed E-state index contributed by atoms with van der Waals surface area (Å²) < 4.78 is 0. The van der Waals surface area contributed by atoms with Gasteiger partial charge in [0.2, 0.25) is 0 Å². The summed E-state index contributed by atoms with van der Waals surface area (Å²) >= 11 is 0. The highest BCUT2D eigenvalue weighted by Gasteiger charge is 2.21. The van der Waals surface area contributed by atoms with E-state index in [2.05, 4.69) is 42.3 Å².